The van der Waals surface area contributed by atoms with Gasteiger partial charge in [0.15, 0.2) is 5.82 Å². The lowest BCUT2D eigenvalue weighted by Gasteiger charge is -2.06. The number of rotatable bonds is 2. The van der Waals surface area contributed by atoms with Gasteiger partial charge in [-0.15, -0.1) is 5.10 Å². The van der Waals surface area contributed by atoms with Crippen LogP contribution in [0.25, 0.3) is 16.6 Å². The van der Waals surface area contributed by atoms with Crippen molar-refractivity contribution in [2.75, 3.05) is 5.32 Å². The number of aromatic amines is 1. The Morgan fingerprint density at radius 2 is 2.14 bits per heavy atom. The molecule has 4 aromatic rings. The zero-order valence-electron chi connectivity index (χ0n) is 10.7. The number of anilines is 2. The third-order valence-corrected chi connectivity index (χ3v) is 3.10. The van der Waals surface area contributed by atoms with Crippen molar-refractivity contribution in [1.29, 1.82) is 0 Å². The Hall–Kier alpha value is -3.29. The summed E-state index contributed by atoms with van der Waals surface area (Å²) in [6, 6.07) is 8.87. The number of hydrogen-bond donors (Lipinski definition) is 2. The molecular formula is C13H9N7O. The predicted octanol–water partition coefficient (Wildman–Crippen LogP) is 1.10. The molecule has 3 aromatic heterocycles. The molecule has 0 aliphatic heterocycles. The monoisotopic (exact) mass is 279 g/mol. The summed E-state index contributed by atoms with van der Waals surface area (Å²) >= 11 is 0. The molecule has 8 nitrogen and oxygen atoms in total. The lowest BCUT2D eigenvalue weighted by atomic mass is 10.2. The molecule has 0 spiro atoms. The molecule has 0 amide bonds. The van der Waals surface area contributed by atoms with Crippen molar-refractivity contribution >= 4 is 28.1 Å². The summed E-state index contributed by atoms with van der Waals surface area (Å²) in [5.74, 6) is 0.561. The Balaban J connectivity index is 1.78. The molecule has 0 atom stereocenters. The maximum Gasteiger partial charge on any atom is 0.248 e. The molecule has 21 heavy (non-hydrogen) atoms. The molecule has 2 N–H and O–H groups in total. The molecule has 0 saturated carbocycles. The van der Waals surface area contributed by atoms with Crippen LogP contribution in [0.3, 0.4) is 0 Å². The van der Waals surface area contributed by atoms with Crippen molar-refractivity contribution in [3.63, 3.8) is 0 Å². The zero-order valence-corrected chi connectivity index (χ0v) is 10.7. The van der Waals surface area contributed by atoms with Crippen molar-refractivity contribution in [3.8, 4) is 0 Å². The number of fused-ring (bicyclic) bond motifs is 2. The maximum atomic E-state index is 11.3. The van der Waals surface area contributed by atoms with Gasteiger partial charge in [-0.1, -0.05) is 0 Å². The highest BCUT2D eigenvalue weighted by Gasteiger charge is 2.06. The Bertz CT molecular complexity index is 1000. The number of hydrogen-bond acceptors (Lipinski definition) is 6. The molecule has 1 aromatic carbocycles. The van der Waals surface area contributed by atoms with Crippen LogP contribution in [0.5, 0.6) is 0 Å². The summed E-state index contributed by atoms with van der Waals surface area (Å²) < 4.78 is 1.54. The summed E-state index contributed by atoms with van der Waals surface area (Å²) in [6.07, 6.45) is 3.29. The van der Waals surface area contributed by atoms with Crippen LogP contribution in [0.15, 0.2) is 47.5 Å². The Morgan fingerprint density at radius 1 is 1.19 bits per heavy atom. The second-order valence-electron chi connectivity index (χ2n) is 4.47. The molecule has 3 heterocycles. The first kappa shape index (κ1) is 11.5. The fourth-order valence-corrected chi connectivity index (χ4v) is 2.14. The van der Waals surface area contributed by atoms with Gasteiger partial charge in [0.05, 0.1) is 6.20 Å². The molecule has 0 unspecified atom stereocenters. The summed E-state index contributed by atoms with van der Waals surface area (Å²) in [6.45, 7) is 0. The highest BCUT2D eigenvalue weighted by atomic mass is 16.1. The molecule has 0 aliphatic rings. The quantitative estimate of drug-likeness (QED) is 0.570. The van der Waals surface area contributed by atoms with E-state index in [0.29, 0.717) is 11.5 Å². The fraction of sp³-hybridized carbons (Fsp3) is 0. The largest absolute Gasteiger partial charge is 0.337 e. The van der Waals surface area contributed by atoms with Crippen molar-refractivity contribution in [2.24, 2.45) is 0 Å². The minimum atomic E-state index is -0.121. The second-order valence-corrected chi connectivity index (χ2v) is 4.47. The molecular weight excluding hydrogens is 270 g/mol. The lowest BCUT2D eigenvalue weighted by Crippen LogP contribution is -2.02. The van der Waals surface area contributed by atoms with Crippen LogP contribution in [0.1, 0.15) is 0 Å². The van der Waals surface area contributed by atoms with Crippen LogP contribution < -0.4 is 10.9 Å². The van der Waals surface area contributed by atoms with Gasteiger partial charge >= 0.3 is 0 Å². The third kappa shape index (κ3) is 1.98. The highest BCUT2D eigenvalue weighted by molar-refractivity contribution is 5.83. The number of nitrogens with zero attached hydrogens (tertiary/aromatic N) is 5. The summed E-state index contributed by atoms with van der Waals surface area (Å²) in [4.78, 5) is 18.3. The molecule has 102 valence electrons. The van der Waals surface area contributed by atoms with Gasteiger partial charge in [0, 0.05) is 28.9 Å². The van der Waals surface area contributed by atoms with Gasteiger partial charge in [0.25, 0.3) is 0 Å². The normalized spacial score (nSPS) is 11.0. The average Bonchev–Trinajstić information content (AvgIpc) is 2.97. The first-order valence-corrected chi connectivity index (χ1v) is 6.22. The van der Waals surface area contributed by atoms with Crippen molar-refractivity contribution in [3.05, 3.63) is 53.1 Å². The average molecular weight is 279 g/mol. The van der Waals surface area contributed by atoms with Gasteiger partial charge in [-0.25, -0.2) is 4.98 Å². The fourth-order valence-electron chi connectivity index (χ4n) is 2.14. The van der Waals surface area contributed by atoms with E-state index in [0.717, 1.165) is 16.6 Å². The Morgan fingerprint density at radius 3 is 3.10 bits per heavy atom. The zero-order chi connectivity index (χ0) is 14.2. The lowest BCUT2D eigenvalue weighted by molar-refractivity contribution is 0.821. The van der Waals surface area contributed by atoms with Gasteiger partial charge < -0.3 is 10.3 Å². The van der Waals surface area contributed by atoms with Crippen LogP contribution >= 0.6 is 0 Å². The van der Waals surface area contributed by atoms with Crippen LogP contribution in [-0.4, -0.2) is 30.0 Å². The van der Waals surface area contributed by atoms with Crippen LogP contribution in [-0.2, 0) is 0 Å². The minimum Gasteiger partial charge on any atom is -0.337 e. The summed E-state index contributed by atoms with van der Waals surface area (Å²) in [7, 11) is 0. The van der Waals surface area contributed by atoms with Crippen LogP contribution in [0.2, 0.25) is 0 Å². The number of H-pyrrole nitrogens is 1. The van der Waals surface area contributed by atoms with Crippen molar-refractivity contribution < 1.29 is 0 Å². The first-order chi connectivity index (χ1) is 10.3. The van der Waals surface area contributed by atoms with E-state index in [1.807, 2.05) is 18.2 Å². The van der Waals surface area contributed by atoms with Crippen molar-refractivity contribution in [2.45, 2.75) is 0 Å². The third-order valence-electron chi connectivity index (χ3n) is 3.10. The highest BCUT2D eigenvalue weighted by Crippen LogP contribution is 2.20. The van der Waals surface area contributed by atoms with E-state index in [4.69, 9.17) is 0 Å². The van der Waals surface area contributed by atoms with Crippen LogP contribution in [0, 0.1) is 0 Å². The summed E-state index contributed by atoms with van der Waals surface area (Å²) in [5, 5.41) is 15.4. The molecule has 0 fully saturated rings. The van der Waals surface area contributed by atoms with Gasteiger partial charge in [0.2, 0.25) is 11.2 Å². The number of benzene rings is 1. The van der Waals surface area contributed by atoms with E-state index < -0.39 is 0 Å². The minimum absolute atomic E-state index is 0.121. The van der Waals surface area contributed by atoms with Crippen molar-refractivity contribution in [1.82, 2.24) is 30.0 Å². The smallest absolute Gasteiger partial charge is 0.248 e. The van der Waals surface area contributed by atoms with Gasteiger partial charge in [0.1, 0.15) is 0 Å². The second kappa shape index (κ2) is 4.37. The SMILES string of the molecule is O=c1ccc2cc(Nc3nccn4nnnc34)ccc2[nH]1. The first-order valence-electron chi connectivity index (χ1n) is 6.22. The predicted molar refractivity (Wildman–Crippen MR) is 76.4 cm³/mol. The molecule has 4 rings (SSSR count). The Kier molecular flexibility index (Phi) is 2.40. The van der Waals surface area contributed by atoms with Gasteiger partial charge in [-0.2, -0.15) is 4.52 Å². The molecule has 8 heteroatoms. The van der Waals surface area contributed by atoms with Gasteiger partial charge in [-0.05, 0) is 34.7 Å². The molecule has 0 radical (unpaired) electrons. The molecule has 0 aliphatic carbocycles. The number of aromatic nitrogens is 6. The molecule has 0 saturated heterocycles. The molecule has 0 bridgehead atoms. The standard InChI is InChI=1S/C13H9N7O/c21-11-4-1-8-7-9(2-3-10(8)16-11)15-12-13-17-18-19-20(13)6-5-14-12/h1-7H,(H,14,15)(H,16,21). The number of tetrazole rings is 1. The maximum absolute atomic E-state index is 11.3. The van der Waals surface area contributed by atoms with E-state index in [1.165, 1.54) is 10.6 Å². The summed E-state index contributed by atoms with van der Waals surface area (Å²) in [5.41, 5.74) is 2.03. The number of nitrogens with one attached hydrogen (secondary N) is 2. The van der Waals surface area contributed by atoms with Crippen LogP contribution in [0.4, 0.5) is 11.5 Å². The van der Waals surface area contributed by atoms with Gasteiger partial charge in [-0.3, -0.25) is 4.79 Å². The van der Waals surface area contributed by atoms with E-state index in [1.54, 1.807) is 18.5 Å². The van der Waals surface area contributed by atoms with E-state index in [2.05, 4.69) is 30.8 Å². The van der Waals surface area contributed by atoms with E-state index >= 15 is 0 Å². The topological polar surface area (TPSA) is 101 Å². The van der Waals surface area contributed by atoms with E-state index in [-0.39, 0.29) is 5.56 Å². The van der Waals surface area contributed by atoms with E-state index in [9.17, 15) is 4.79 Å². The Labute approximate surface area is 117 Å². The number of pyridine rings is 1.